The first kappa shape index (κ1) is 17.7. The Bertz CT molecular complexity index is 295. The lowest BCUT2D eigenvalue weighted by atomic mass is 10.1. The standard InChI is InChI=1S/C15H26O4/c1-5-7-8-11-18-14(16)9-10-15(17)19-13(6-2)12(3)4/h7-8,12-13H,5-6,9-11H2,1-4H3/b8-7-. The highest BCUT2D eigenvalue weighted by atomic mass is 16.5. The van der Waals surface area contributed by atoms with Crippen LogP contribution >= 0.6 is 0 Å². The van der Waals surface area contributed by atoms with Crippen molar-refractivity contribution in [2.45, 2.75) is 59.5 Å². The number of carbonyl (C=O) groups excluding carboxylic acids is 2. The maximum absolute atomic E-state index is 11.6. The van der Waals surface area contributed by atoms with Crippen LogP contribution in [0.15, 0.2) is 12.2 Å². The number of hydrogen-bond acceptors (Lipinski definition) is 4. The predicted octanol–water partition coefficient (Wildman–Crippen LogP) is 3.25. The highest BCUT2D eigenvalue weighted by Gasteiger charge is 2.17. The van der Waals surface area contributed by atoms with Gasteiger partial charge < -0.3 is 9.47 Å². The van der Waals surface area contributed by atoms with Gasteiger partial charge >= 0.3 is 11.9 Å². The van der Waals surface area contributed by atoms with Crippen LogP contribution in [0.5, 0.6) is 0 Å². The number of hydrogen-bond donors (Lipinski definition) is 0. The summed E-state index contributed by atoms with van der Waals surface area (Å²) in [6, 6.07) is 0. The van der Waals surface area contributed by atoms with Gasteiger partial charge in [0.1, 0.15) is 12.7 Å². The van der Waals surface area contributed by atoms with Gasteiger partial charge in [-0.25, -0.2) is 0 Å². The van der Waals surface area contributed by atoms with Gasteiger partial charge in [0.05, 0.1) is 12.8 Å². The minimum Gasteiger partial charge on any atom is -0.462 e. The number of carbonyl (C=O) groups is 2. The predicted molar refractivity (Wildman–Crippen MR) is 74.6 cm³/mol. The summed E-state index contributed by atoms with van der Waals surface area (Å²) in [5.74, 6) is -0.406. The molecule has 0 aromatic heterocycles. The summed E-state index contributed by atoms with van der Waals surface area (Å²) in [4.78, 5) is 22.9. The van der Waals surface area contributed by atoms with Crippen molar-refractivity contribution in [1.29, 1.82) is 0 Å². The Morgan fingerprint density at radius 3 is 2.21 bits per heavy atom. The van der Waals surface area contributed by atoms with Crippen LogP contribution in [0.3, 0.4) is 0 Å². The number of rotatable bonds is 9. The summed E-state index contributed by atoms with van der Waals surface area (Å²) in [6.07, 6.45) is 5.51. The quantitative estimate of drug-likeness (QED) is 0.476. The first-order chi connectivity index (χ1) is 9.01. The third-order valence-electron chi connectivity index (χ3n) is 2.70. The summed E-state index contributed by atoms with van der Waals surface area (Å²) >= 11 is 0. The van der Waals surface area contributed by atoms with E-state index in [2.05, 4.69) is 0 Å². The zero-order chi connectivity index (χ0) is 14.7. The third-order valence-corrected chi connectivity index (χ3v) is 2.70. The van der Waals surface area contributed by atoms with Gasteiger partial charge in [0.15, 0.2) is 0 Å². The first-order valence-electron chi connectivity index (χ1n) is 7.01. The second-order valence-electron chi connectivity index (χ2n) is 4.74. The van der Waals surface area contributed by atoms with Crippen LogP contribution in [0.4, 0.5) is 0 Å². The first-order valence-corrected chi connectivity index (χ1v) is 7.01. The topological polar surface area (TPSA) is 52.6 Å². The molecule has 0 saturated carbocycles. The molecule has 0 heterocycles. The molecule has 0 aliphatic rings. The molecule has 19 heavy (non-hydrogen) atoms. The maximum Gasteiger partial charge on any atom is 0.306 e. The van der Waals surface area contributed by atoms with E-state index in [9.17, 15) is 9.59 Å². The number of esters is 2. The zero-order valence-corrected chi connectivity index (χ0v) is 12.5. The summed E-state index contributed by atoms with van der Waals surface area (Å²) in [7, 11) is 0. The van der Waals surface area contributed by atoms with E-state index >= 15 is 0 Å². The molecular formula is C15H26O4. The van der Waals surface area contributed by atoms with Gasteiger partial charge in [-0.2, -0.15) is 0 Å². The fraction of sp³-hybridized carbons (Fsp3) is 0.733. The smallest absolute Gasteiger partial charge is 0.306 e. The van der Waals surface area contributed by atoms with Crippen LogP contribution in [-0.4, -0.2) is 24.6 Å². The maximum atomic E-state index is 11.6. The monoisotopic (exact) mass is 270 g/mol. The van der Waals surface area contributed by atoms with E-state index in [0.29, 0.717) is 5.92 Å². The van der Waals surface area contributed by atoms with Crippen molar-refractivity contribution in [3.63, 3.8) is 0 Å². The fourth-order valence-electron chi connectivity index (χ4n) is 1.57. The molecule has 0 N–H and O–H groups in total. The Labute approximate surface area is 116 Å². The summed E-state index contributed by atoms with van der Waals surface area (Å²) < 4.78 is 10.2. The molecule has 0 aromatic rings. The van der Waals surface area contributed by atoms with Crippen molar-refractivity contribution in [3.05, 3.63) is 12.2 Å². The lowest BCUT2D eigenvalue weighted by Crippen LogP contribution is -2.23. The Hall–Kier alpha value is -1.32. The van der Waals surface area contributed by atoms with Crippen LogP contribution in [0.25, 0.3) is 0 Å². The molecule has 4 heteroatoms. The largest absolute Gasteiger partial charge is 0.462 e. The lowest BCUT2D eigenvalue weighted by Gasteiger charge is -2.19. The van der Waals surface area contributed by atoms with Crippen LogP contribution < -0.4 is 0 Å². The van der Waals surface area contributed by atoms with Gasteiger partial charge in [-0.1, -0.05) is 39.8 Å². The van der Waals surface area contributed by atoms with Crippen molar-refractivity contribution >= 4 is 11.9 Å². The van der Waals surface area contributed by atoms with Crippen LogP contribution in [0.1, 0.15) is 53.4 Å². The van der Waals surface area contributed by atoms with Gasteiger partial charge in [0.2, 0.25) is 0 Å². The molecule has 0 radical (unpaired) electrons. The van der Waals surface area contributed by atoms with Crippen molar-refractivity contribution in [2.24, 2.45) is 5.92 Å². The molecule has 1 atom stereocenters. The van der Waals surface area contributed by atoms with E-state index in [1.165, 1.54) is 0 Å². The van der Waals surface area contributed by atoms with Crippen LogP contribution in [0, 0.1) is 5.92 Å². The summed E-state index contributed by atoms with van der Waals surface area (Å²) in [5.41, 5.74) is 0. The molecule has 0 fully saturated rings. The van der Waals surface area contributed by atoms with Gasteiger partial charge in [-0.15, -0.1) is 0 Å². The van der Waals surface area contributed by atoms with Crippen LogP contribution in [-0.2, 0) is 19.1 Å². The molecule has 0 aromatic carbocycles. The molecule has 0 aliphatic carbocycles. The molecule has 0 bridgehead atoms. The molecule has 0 rings (SSSR count). The highest BCUT2D eigenvalue weighted by Crippen LogP contribution is 2.11. The molecule has 1 unspecified atom stereocenters. The molecule has 4 nitrogen and oxygen atoms in total. The second-order valence-corrected chi connectivity index (χ2v) is 4.74. The van der Waals surface area contributed by atoms with Gasteiger partial charge in [0, 0.05) is 0 Å². The van der Waals surface area contributed by atoms with E-state index in [1.807, 2.05) is 33.8 Å². The molecule has 0 spiro atoms. The van der Waals surface area contributed by atoms with Crippen molar-refractivity contribution in [3.8, 4) is 0 Å². The molecular weight excluding hydrogens is 244 g/mol. The molecule has 0 aliphatic heterocycles. The molecule has 0 amide bonds. The highest BCUT2D eigenvalue weighted by molar-refractivity contribution is 5.77. The molecule has 0 saturated heterocycles. The number of allylic oxidation sites excluding steroid dienone is 1. The van der Waals surface area contributed by atoms with Gasteiger partial charge in [-0.05, 0) is 18.8 Å². The number of ether oxygens (including phenoxy) is 2. The average molecular weight is 270 g/mol. The van der Waals surface area contributed by atoms with Crippen molar-refractivity contribution in [1.82, 2.24) is 0 Å². The van der Waals surface area contributed by atoms with E-state index in [-0.39, 0.29) is 37.5 Å². The van der Waals surface area contributed by atoms with Gasteiger partial charge in [-0.3, -0.25) is 9.59 Å². The lowest BCUT2D eigenvalue weighted by molar-refractivity contribution is -0.155. The average Bonchev–Trinajstić information content (AvgIpc) is 2.38. The van der Waals surface area contributed by atoms with Crippen LogP contribution in [0.2, 0.25) is 0 Å². The van der Waals surface area contributed by atoms with E-state index in [0.717, 1.165) is 12.8 Å². The fourth-order valence-corrected chi connectivity index (χ4v) is 1.57. The minimum atomic E-state index is -0.365. The third kappa shape index (κ3) is 9.28. The minimum absolute atomic E-state index is 0.0731. The Balaban J connectivity index is 3.83. The second kappa shape index (κ2) is 10.6. The van der Waals surface area contributed by atoms with Crippen molar-refractivity contribution in [2.75, 3.05) is 6.61 Å². The molecule has 110 valence electrons. The SMILES string of the molecule is CC/C=C\COC(=O)CCC(=O)OC(CC)C(C)C. The Morgan fingerprint density at radius 2 is 1.68 bits per heavy atom. The Morgan fingerprint density at radius 1 is 1.05 bits per heavy atom. The normalized spacial score (nSPS) is 12.7. The Kier molecular flexibility index (Phi) is 9.85. The van der Waals surface area contributed by atoms with Crippen molar-refractivity contribution < 1.29 is 19.1 Å². The summed E-state index contributed by atoms with van der Waals surface area (Å²) in [6.45, 7) is 8.27. The summed E-state index contributed by atoms with van der Waals surface area (Å²) in [5, 5.41) is 0. The van der Waals surface area contributed by atoms with E-state index < -0.39 is 0 Å². The van der Waals surface area contributed by atoms with Gasteiger partial charge in [0.25, 0.3) is 0 Å². The zero-order valence-electron chi connectivity index (χ0n) is 12.5. The van der Waals surface area contributed by atoms with E-state index in [4.69, 9.17) is 9.47 Å². The van der Waals surface area contributed by atoms with E-state index in [1.54, 1.807) is 6.08 Å².